The Hall–Kier alpha value is -0.980. The predicted molar refractivity (Wildman–Crippen MR) is 101 cm³/mol. The van der Waals surface area contributed by atoms with Gasteiger partial charge in [-0.05, 0) is 36.5 Å². The molecule has 0 saturated carbocycles. The summed E-state index contributed by atoms with van der Waals surface area (Å²) in [5.41, 5.74) is 7.11. The van der Waals surface area contributed by atoms with Crippen LogP contribution in [0.25, 0.3) is 0 Å². The van der Waals surface area contributed by atoms with E-state index in [4.69, 9.17) is 10.5 Å². The largest absolute Gasteiger partial charge is 0.497 e. The summed E-state index contributed by atoms with van der Waals surface area (Å²) in [5.74, 6) is 1.92. The summed E-state index contributed by atoms with van der Waals surface area (Å²) >= 11 is 0. The summed E-state index contributed by atoms with van der Waals surface area (Å²) in [6.45, 7) is 5.99. The van der Waals surface area contributed by atoms with Crippen LogP contribution in [0.5, 0.6) is 5.75 Å². The zero-order valence-electron chi connectivity index (χ0n) is 13.3. The summed E-state index contributed by atoms with van der Waals surface area (Å²) < 4.78 is 5.15. The Morgan fingerprint density at radius 2 is 2.00 bits per heavy atom. The molecule has 0 heterocycles. The minimum atomic E-state index is 0. The molecule has 0 spiro atoms. The second-order valence-electron chi connectivity index (χ2n) is 5.16. The zero-order valence-corrected chi connectivity index (χ0v) is 15.6. The van der Waals surface area contributed by atoms with Crippen LogP contribution in [0.4, 0.5) is 0 Å². The molecule has 1 rings (SSSR count). The van der Waals surface area contributed by atoms with Crippen molar-refractivity contribution in [1.82, 2.24) is 5.32 Å². The van der Waals surface area contributed by atoms with Gasteiger partial charge in [-0.2, -0.15) is 0 Å². The monoisotopic (exact) mass is 405 g/mol. The fourth-order valence-electron chi connectivity index (χ4n) is 1.93. The Morgan fingerprint density at radius 1 is 1.33 bits per heavy atom. The number of nitrogens with zero attached hydrogens (tertiary/aromatic N) is 1. The van der Waals surface area contributed by atoms with Gasteiger partial charge >= 0.3 is 0 Å². The smallest absolute Gasteiger partial charge is 0.188 e. The Morgan fingerprint density at radius 3 is 2.57 bits per heavy atom. The third-order valence-corrected chi connectivity index (χ3v) is 3.15. The van der Waals surface area contributed by atoms with E-state index in [1.165, 1.54) is 5.56 Å². The minimum Gasteiger partial charge on any atom is -0.497 e. The Balaban J connectivity index is 0.00000400. The lowest BCUT2D eigenvalue weighted by Crippen LogP contribution is -2.32. The summed E-state index contributed by atoms with van der Waals surface area (Å²) in [7, 11) is 1.68. The molecular formula is C16H28IN3O. The van der Waals surface area contributed by atoms with Crippen LogP contribution in [0, 0.1) is 5.92 Å². The van der Waals surface area contributed by atoms with Crippen LogP contribution in [0.3, 0.4) is 0 Å². The highest BCUT2D eigenvalue weighted by Gasteiger charge is 2.04. The number of hydrogen-bond donors (Lipinski definition) is 2. The molecule has 1 atom stereocenters. The first kappa shape index (κ1) is 20.0. The molecule has 21 heavy (non-hydrogen) atoms. The van der Waals surface area contributed by atoms with Crippen molar-refractivity contribution in [3.05, 3.63) is 29.8 Å². The van der Waals surface area contributed by atoms with E-state index in [1.807, 2.05) is 12.1 Å². The average molecular weight is 405 g/mol. The van der Waals surface area contributed by atoms with Gasteiger partial charge in [-0.25, -0.2) is 0 Å². The molecule has 1 aromatic rings. The molecule has 1 aromatic carbocycles. The van der Waals surface area contributed by atoms with Gasteiger partial charge in [0, 0.05) is 13.1 Å². The van der Waals surface area contributed by atoms with Gasteiger partial charge < -0.3 is 15.8 Å². The number of methoxy groups -OCH3 is 1. The molecule has 0 aromatic heterocycles. The number of halogens is 1. The molecule has 0 fully saturated rings. The lowest BCUT2D eigenvalue weighted by atomic mass is 10.0. The van der Waals surface area contributed by atoms with E-state index in [1.54, 1.807) is 7.11 Å². The molecule has 0 aliphatic carbocycles. The lowest BCUT2D eigenvalue weighted by molar-refractivity contribution is 0.414. The van der Waals surface area contributed by atoms with E-state index in [2.05, 4.69) is 36.3 Å². The van der Waals surface area contributed by atoms with E-state index < -0.39 is 0 Å². The first-order chi connectivity index (χ1) is 9.65. The van der Waals surface area contributed by atoms with Gasteiger partial charge in [-0.3, -0.25) is 4.99 Å². The van der Waals surface area contributed by atoms with Crippen LogP contribution in [0.15, 0.2) is 29.3 Å². The maximum Gasteiger partial charge on any atom is 0.188 e. The van der Waals surface area contributed by atoms with Crippen LogP contribution in [0.2, 0.25) is 0 Å². The Labute approximate surface area is 145 Å². The van der Waals surface area contributed by atoms with Gasteiger partial charge in [-0.1, -0.05) is 32.4 Å². The number of guanidine groups is 1. The average Bonchev–Trinajstić information content (AvgIpc) is 2.46. The summed E-state index contributed by atoms with van der Waals surface area (Å²) in [6, 6.07) is 8.18. The topological polar surface area (TPSA) is 59.6 Å². The number of aliphatic imine (C=N–C) groups is 1. The quantitative estimate of drug-likeness (QED) is 0.302. The molecule has 4 nitrogen and oxygen atoms in total. The van der Waals surface area contributed by atoms with Crippen molar-refractivity contribution in [3.8, 4) is 5.75 Å². The zero-order chi connectivity index (χ0) is 14.8. The molecule has 0 amide bonds. The first-order valence-electron chi connectivity index (χ1n) is 7.32. The summed E-state index contributed by atoms with van der Waals surface area (Å²) in [4.78, 5) is 4.38. The maximum absolute atomic E-state index is 5.82. The fourth-order valence-corrected chi connectivity index (χ4v) is 1.93. The fraction of sp³-hybridized carbons (Fsp3) is 0.562. The summed E-state index contributed by atoms with van der Waals surface area (Å²) in [6.07, 6.45) is 3.28. The number of hydrogen-bond acceptors (Lipinski definition) is 2. The number of rotatable bonds is 8. The first-order valence-corrected chi connectivity index (χ1v) is 7.32. The van der Waals surface area contributed by atoms with E-state index in [9.17, 15) is 0 Å². The Bertz CT molecular complexity index is 406. The van der Waals surface area contributed by atoms with Crippen molar-refractivity contribution in [2.75, 3.05) is 20.2 Å². The van der Waals surface area contributed by atoms with Gasteiger partial charge in [0.05, 0.1) is 7.11 Å². The number of nitrogens with one attached hydrogen (secondary N) is 1. The summed E-state index contributed by atoms with van der Waals surface area (Å²) in [5, 5.41) is 3.13. The SMILES string of the molecule is CCCCNC(N)=NCC(C)Cc1ccc(OC)cc1.I. The standard InChI is InChI=1S/C16H27N3O.HI/c1-4-5-10-18-16(17)19-12-13(2)11-14-6-8-15(20-3)9-7-14;/h6-9,13H,4-5,10-12H2,1-3H3,(H3,17,18,19);1H. The third kappa shape index (κ3) is 8.80. The van der Waals surface area contributed by atoms with E-state index in [-0.39, 0.29) is 24.0 Å². The molecule has 3 N–H and O–H groups in total. The van der Waals surface area contributed by atoms with Gasteiger partial charge in [0.15, 0.2) is 5.96 Å². The van der Waals surface area contributed by atoms with Gasteiger partial charge in [0.1, 0.15) is 5.75 Å². The van der Waals surface area contributed by atoms with Gasteiger partial charge in [0.2, 0.25) is 0 Å². The second-order valence-corrected chi connectivity index (χ2v) is 5.16. The molecule has 0 aliphatic heterocycles. The molecular weight excluding hydrogens is 377 g/mol. The van der Waals surface area contributed by atoms with Crippen molar-refractivity contribution in [2.45, 2.75) is 33.1 Å². The molecule has 5 heteroatoms. The van der Waals surface area contributed by atoms with Gasteiger partial charge in [0.25, 0.3) is 0 Å². The number of ether oxygens (including phenoxy) is 1. The predicted octanol–water partition coefficient (Wildman–Crippen LogP) is 3.20. The molecule has 0 radical (unpaired) electrons. The number of unbranched alkanes of at least 4 members (excludes halogenated alkanes) is 1. The third-order valence-electron chi connectivity index (χ3n) is 3.15. The van der Waals surface area contributed by atoms with Crippen LogP contribution in [-0.2, 0) is 6.42 Å². The van der Waals surface area contributed by atoms with Crippen molar-refractivity contribution < 1.29 is 4.74 Å². The van der Waals surface area contributed by atoms with Crippen LogP contribution < -0.4 is 15.8 Å². The van der Waals surface area contributed by atoms with E-state index >= 15 is 0 Å². The highest BCUT2D eigenvalue weighted by Crippen LogP contribution is 2.14. The number of benzene rings is 1. The number of nitrogens with two attached hydrogens (primary N) is 1. The Kier molecular flexibility index (Phi) is 11.1. The molecule has 0 aliphatic rings. The molecule has 0 bridgehead atoms. The lowest BCUT2D eigenvalue weighted by Gasteiger charge is -2.10. The van der Waals surface area contributed by atoms with Crippen LogP contribution in [0.1, 0.15) is 32.3 Å². The molecule has 120 valence electrons. The molecule has 1 unspecified atom stereocenters. The normalized spacial score (nSPS) is 12.4. The van der Waals surface area contributed by atoms with E-state index in [0.717, 1.165) is 38.1 Å². The van der Waals surface area contributed by atoms with Crippen LogP contribution in [-0.4, -0.2) is 26.2 Å². The second kappa shape index (κ2) is 11.7. The highest BCUT2D eigenvalue weighted by atomic mass is 127. The van der Waals surface area contributed by atoms with Crippen LogP contribution >= 0.6 is 24.0 Å². The van der Waals surface area contributed by atoms with Crippen molar-refractivity contribution in [1.29, 1.82) is 0 Å². The minimum absolute atomic E-state index is 0. The van der Waals surface area contributed by atoms with Crippen molar-refractivity contribution in [3.63, 3.8) is 0 Å². The molecule has 0 saturated heterocycles. The van der Waals surface area contributed by atoms with Gasteiger partial charge in [-0.15, -0.1) is 24.0 Å². The van der Waals surface area contributed by atoms with E-state index in [0.29, 0.717) is 11.9 Å². The maximum atomic E-state index is 5.82. The van der Waals surface area contributed by atoms with Crippen molar-refractivity contribution >= 4 is 29.9 Å². The van der Waals surface area contributed by atoms with Crippen molar-refractivity contribution in [2.24, 2.45) is 16.6 Å². The highest BCUT2D eigenvalue weighted by molar-refractivity contribution is 14.0.